The number of carboxylic acid groups (broad SMARTS) is 1. The Morgan fingerprint density at radius 2 is 2.19 bits per heavy atom. The van der Waals surface area contributed by atoms with Gasteiger partial charge in [0.2, 0.25) is 5.95 Å². The average Bonchev–Trinajstić information content (AvgIpc) is 2.19. The van der Waals surface area contributed by atoms with E-state index < -0.39 is 35.9 Å². The van der Waals surface area contributed by atoms with E-state index in [0.29, 0.717) is 0 Å². The van der Waals surface area contributed by atoms with Crippen LogP contribution in [0.3, 0.4) is 0 Å². The van der Waals surface area contributed by atoms with Gasteiger partial charge in [-0.3, -0.25) is 4.79 Å². The zero-order valence-corrected chi connectivity index (χ0v) is 8.64. The molecule has 0 aliphatic carbocycles. The van der Waals surface area contributed by atoms with E-state index in [4.69, 9.17) is 16.7 Å². The van der Waals surface area contributed by atoms with E-state index in [1.807, 2.05) is 0 Å². The van der Waals surface area contributed by atoms with Crippen molar-refractivity contribution in [1.82, 2.24) is 4.98 Å². The van der Waals surface area contributed by atoms with Crippen LogP contribution in [0, 0.1) is 5.95 Å². The number of carboxylic acids is 1. The van der Waals surface area contributed by atoms with Crippen LogP contribution in [0.2, 0.25) is 0 Å². The molecule has 0 radical (unpaired) electrons. The molecule has 3 nitrogen and oxygen atoms in total. The predicted molar refractivity (Wildman–Crippen MR) is 50.0 cm³/mol. The lowest BCUT2D eigenvalue weighted by atomic mass is 10.1. The van der Waals surface area contributed by atoms with Crippen molar-refractivity contribution in [3.8, 4) is 0 Å². The Labute approximate surface area is 93.9 Å². The third-order valence-corrected chi connectivity index (χ3v) is 2.14. The summed E-state index contributed by atoms with van der Waals surface area (Å²) >= 11 is 5.34. The molecular weight excluding hydrogens is 247 g/mol. The molecule has 1 aromatic heterocycles. The number of halogens is 4. The Morgan fingerprint density at radius 1 is 1.56 bits per heavy atom. The van der Waals surface area contributed by atoms with Crippen molar-refractivity contribution in [2.24, 2.45) is 0 Å². The molecule has 0 unspecified atom stereocenters. The summed E-state index contributed by atoms with van der Waals surface area (Å²) in [5.41, 5.74) is -1.33. The van der Waals surface area contributed by atoms with Crippen LogP contribution in [0.1, 0.15) is 23.2 Å². The third-order valence-electron chi connectivity index (χ3n) is 1.86. The fraction of sp³-hybridized carbons (Fsp3) is 0.333. The number of nitrogens with zero attached hydrogens (tertiary/aromatic N) is 1. The van der Waals surface area contributed by atoms with Crippen molar-refractivity contribution in [2.45, 2.75) is 18.7 Å². The number of carbonyl (C=O) groups is 1. The summed E-state index contributed by atoms with van der Waals surface area (Å²) < 4.78 is 38.3. The molecule has 16 heavy (non-hydrogen) atoms. The monoisotopic (exact) mass is 253 g/mol. The number of hydrogen-bond donors (Lipinski definition) is 1. The maximum atomic E-state index is 13.3. The second-order valence-corrected chi connectivity index (χ2v) is 3.24. The van der Waals surface area contributed by atoms with E-state index in [1.54, 1.807) is 0 Å². The van der Waals surface area contributed by atoms with Gasteiger partial charge in [-0.1, -0.05) is 0 Å². The van der Waals surface area contributed by atoms with Crippen molar-refractivity contribution in [1.29, 1.82) is 0 Å². The second kappa shape index (κ2) is 5.16. The molecule has 0 aromatic carbocycles. The van der Waals surface area contributed by atoms with Gasteiger partial charge in [0.15, 0.2) is 0 Å². The van der Waals surface area contributed by atoms with Gasteiger partial charge in [0.25, 0.3) is 6.43 Å². The summed E-state index contributed by atoms with van der Waals surface area (Å²) in [6.45, 7) is 0. The fourth-order valence-electron chi connectivity index (χ4n) is 1.20. The molecule has 0 saturated carbocycles. The third kappa shape index (κ3) is 2.85. The van der Waals surface area contributed by atoms with Gasteiger partial charge in [-0.25, -0.2) is 13.8 Å². The summed E-state index contributed by atoms with van der Waals surface area (Å²) in [6.07, 6.45) is -3.80. The summed E-state index contributed by atoms with van der Waals surface area (Å²) in [7, 11) is 0. The molecule has 0 atom stereocenters. The number of hydrogen-bond acceptors (Lipinski definition) is 2. The highest BCUT2D eigenvalue weighted by atomic mass is 35.5. The van der Waals surface area contributed by atoms with Crippen LogP contribution in [0.4, 0.5) is 13.2 Å². The molecule has 1 heterocycles. The number of aliphatic carboxylic acids is 1. The minimum absolute atomic E-state index is 0.0522. The molecule has 88 valence electrons. The minimum atomic E-state index is -2.96. The van der Waals surface area contributed by atoms with E-state index in [-0.39, 0.29) is 11.6 Å². The first-order valence-electron chi connectivity index (χ1n) is 4.19. The lowest BCUT2D eigenvalue weighted by molar-refractivity contribution is -0.136. The standard InChI is InChI=1S/C9H7ClF3NO2/c10-3-4-1-5(8(11)12)6(2-7(15)16)9(13)14-4/h1,8H,2-3H2,(H,15,16). The van der Waals surface area contributed by atoms with E-state index in [0.717, 1.165) is 6.07 Å². The van der Waals surface area contributed by atoms with Gasteiger partial charge >= 0.3 is 5.97 Å². The first-order valence-corrected chi connectivity index (χ1v) is 4.73. The molecule has 0 saturated heterocycles. The molecule has 1 N–H and O–H groups in total. The van der Waals surface area contributed by atoms with Gasteiger partial charge < -0.3 is 5.11 Å². The van der Waals surface area contributed by atoms with Gasteiger partial charge in [-0.2, -0.15) is 4.39 Å². The fourth-order valence-corrected chi connectivity index (χ4v) is 1.34. The lowest BCUT2D eigenvalue weighted by Gasteiger charge is -2.09. The van der Waals surface area contributed by atoms with Gasteiger partial charge in [-0.15, -0.1) is 11.6 Å². The van der Waals surface area contributed by atoms with E-state index >= 15 is 0 Å². The largest absolute Gasteiger partial charge is 0.481 e. The molecule has 7 heteroatoms. The number of alkyl halides is 3. The van der Waals surface area contributed by atoms with Crippen molar-refractivity contribution in [2.75, 3.05) is 0 Å². The van der Waals surface area contributed by atoms with Crippen LogP contribution in [0.15, 0.2) is 6.07 Å². The summed E-state index contributed by atoms with van der Waals surface area (Å²) in [6, 6.07) is 0.916. The Kier molecular flexibility index (Phi) is 4.12. The SMILES string of the molecule is O=C(O)Cc1c(C(F)F)cc(CCl)nc1F. The van der Waals surface area contributed by atoms with Crippen molar-refractivity contribution in [3.05, 3.63) is 28.8 Å². The highest BCUT2D eigenvalue weighted by molar-refractivity contribution is 6.16. The van der Waals surface area contributed by atoms with Crippen molar-refractivity contribution in [3.63, 3.8) is 0 Å². The number of rotatable bonds is 4. The molecule has 0 aliphatic rings. The van der Waals surface area contributed by atoms with Crippen LogP contribution in [0.25, 0.3) is 0 Å². The zero-order valence-electron chi connectivity index (χ0n) is 7.88. The van der Waals surface area contributed by atoms with Gasteiger partial charge in [-0.05, 0) is 6.07 Å². The Morgan fingerprint density at radius 3 is 2.62 bits per heavy atom. The van der Waals surface area contributed by atoms with E-state index in [9.17, 15) is 18.0 Å². The van der Waals surface area contributed by atoms with Crippen LogP contribution in [-0.4, -0.2) is 16.1 Å². The first-order chi connectivity index (χ1) is 7.45. The Bertz CT molecular complexity index is 412. The zero-order chi connectivity index (χ0) is 12.3. The minimum Gasteiger partial charge on any atom is -0.481 e. The van der Waals surface area contributed by atoms with Crippen LogP contribution < -0.4 is 0 Å². The molecule has 1 rings (SSSR count). The van der Waals surface area contributed by atoms with E-state index in [1.165, 1.54) is 0 Å². The smallest absolute Gasteiger partial charge is 0.308 e. The van der Waals surface area contributed by atoms with Crippen molar-refractivity contribution >= 4 is 17.6 Å². The first kappa shape index (κ1) is 12.8. The van der Waals surface area contributed by atoms with Crippen LogP contribution in [0.5, 0.6) is 0 Å². The van der Waals surface area contributed by atoms with Gasteiger partial charge in [0.05, 0.1) is 18.0 Å². The van der Waals surface area contributed by atoms with Crippen molar-refractivity contribution < 1.29 is 23.1 Å². The molecule has 1 aromatic rings. The molecule has 0 bridgehead atoms. The number of aromatic nitrogens is 1. The highest BCUT2D eigenvalue weighted by Crippen LogP contribution is 2.26. The van der Waals surface area contributed by atoms with Gasteiger partial charge in [0.1, 0.15) is 0 Å². The number of pyridine rings is 1. The maximum absolute atomic E-state index is 13.3. The van der Waals surface area contributed by atoms with Gasteiger partial charge in [0, 0.05) is 11.1 Å². The molecule has 0 spiro atoms. The highest BCUT2D eigenvalue weighted by Gasteiger charge is 2.21. The molecular formula is C9H7ClF3NO2. The Hall–Kier alpha value is -1.30. The lowest BCUT2D eigenvalue weighted by Crippen LogP contribution is -2.09. The molecule has 0 amide bonds. The molecule has 0 fully saturated rings. The summed E-state index contributed by atoms with van der Waals surface area (Å²) in [5.74, 6) is -2.83. The van der Waals surface area contributed by atoms with Crippen LogP contribution >= 0.6 is 11.6 Å². The predicted octanol–water partition coefficient (Wildman–Crippen LogP) is 2.52. The topological polar surface area (TPSA) is 50.2 Å². The second-order valence-electron chi connectivity index (χ2n) is 2.98. The summed E-state index contributed by atoms with van der Waals surface area (Å²) in [5, 5.41) is 8.46. The normalized spacial score (nSPS) is 10.8. The quantitative estimate of drug-likeness (QED) is 0.663. The maximum Gasteiger partial charge on any atom is 0.308 e. The molecule has 0 aliphatic heterocycles. The average molecular weight is 254 g/mol. The van der Waals surface area contributed by atoms with E-state index in [2.05, 4.69) is 4.98 Å². The van der Waals surface area contributed by atoms with Crippen LogP contribution in [-0.2, 0) is 17.1 Å². The Balaban J connectivity index is 3.27. The summed E-state index contributed by atoms with van der Waals surface area (Å²) in [4.78, 5) is 13.7.